The number of halogens is 3. The van der Waals surface area contributed by atoms with Crippen LogP contribution in [0.3, 0.4) is 0 Å². The number of aliphatic imine (C=N–C) groups is 1. The van der Waals surface area contributed by atoms with Crippen LogP contribution < -0.4 is 10.5 Å². The molecule has 2 aliphatic rings. The van der Waals surface area contributed by atoms with Crippen molar-refractivity contribution in [2.24, 2.45) is 20.4 Å². The largest absolute Gasteiger partial charge is 0.417 e. The summed E-state index contributed by atoms with van der Waals surface area (Å²) in [5, 5.41) is 16.0. The molecule has 2 aliphatic heterocycles. The van der Waals surface area contributed by atoms with Crippen molar-refractivity contribution >= 4 is 15.9 Å². The average molecular weight is 451 g/mol. The molecule has 0 saturated carbocycles. The van der Waals surface area contributed by atoms with E-state index in [2.05, 4.69) is 20.5 Å². The van der Waals surface area contributed by atoms with Crippen molar-refractivity contribution in [2.75, 3.05) is 19.8 Å². The Balaban J connectivity index is 1.89. The monoisotopic (exact) mass is 451 g/mol. The van der Waals surface area contributed by atoms with Gasteiger partial charge in [-0.1, -0.05) is 30.3 Å². The van der Waals surface area contributed by atoms with Crippen LogP contribution in [0.5, 0.6) is 0 Å². The van der Waals surface area contributed by atoms with Crippen molar-refractivity contribution in [3.05, 3.63) is 53.1 Å². The summed E-state index contributed by atoms with van der Waals surface area (Å²) in [6.45, 7) is 1.76. The second-order valence-corrected chi connectivity index (χ2v) is 8.92. The number of azo groups is 1. The summed E-state index contributed by atoms with van der Waals surface area (Å²) in [5.74, 6) is 0.211. The Morgan fingerprint density at radius 1 is 1.03 bits per heavy atom. The Morgan fingerprint density at radius 3 is 2.26 bits per heavy atom. The molecule has 7 nitrogen and oxygen atoms in total. The van der Waals surface area contributed by atoms with Crippen LogP contribution in [0.1, 0.15) is 35.4 Å². The number of primary sulfonamides is 1. The summed E-state index contributed by atoms with van der Waals surface area (Å²) in [6.07, 6.45) is -2.93. The van der Waals surface area contributed by atoms with E-state index < -0.39 is 26.7 Å². The van der Waals surface area contributed by atoms with Gasteiger partial charge in [-0.2, -0.15) is 18.3 Å². The molecular weight excluding hydrogens is 431 g/mol. The highest BCUT2D eigenvalue weighted by molar-refractivity contribution is 7.89. The fraction of sp³-hybridized carbons (Fsp3) is 0.350. The van der Waals surface area contributed by atoms with Gasteiger partial charge in [-0.05, 0) is 54.6 Å². The fourth-order valence-electron chi connectivity index (χ4n) is 4.01. The van der Waals surface area contributed by atoms with Gasteiger partial charge >= 0.3 is 6.18 Å². The zero-order valence-corrected chi connectivity index (χ0v) is 17.2. The number of hydrogen-bond donors (Lipinski definition) is 2. The van der Waals surface area contributed by atoms with Crippen LogP contribution in [0, 0.1) is 0 Å². The smallest absolute Gasteiger partial charge is 0.317 e. The van der Waals surface area contributed by atoms with Crippen molar-refractivity contribution < 1.29 is 21.6 Å². The van der Waals surface area contributed by atoms with Gasteiger partial charge in [0.25, 0.3) is 0 Å². The standard InChI is InChI=1S/C20H20F3N5O2S/c21-20(22,23)16-6-5-15(17(18(16)31(24,29)30)19-26-11-27-28-19)14-3-1-12(2-4-14)13-7-9-25-10-8-13/h1-6,13,25H,7-11H2,(H2,24,29,30). The molecule has 0 amide bonds. The number of hydrogen-bond acceptors (Lipinski definition) is 6. The summed E-state index contributed by atoms with van der Waals surface area (Å²) in [5.41, 5.74) is 0.269. The number of nitrogens with one attached hydrogen (secondary N) is 1. The lowest BCUT2D eigenvalue weighted by Gasteiger charge is -2.23. The number of alkyl halides is 3. The lowest BCUT2D eigenvalue weighted by molar-refractivity contribution is -0.139. The molecule has 11 heteroatoms. The molecule has 3 N–H and O–H groups in total. The summed E-state index contributed by atoms with van der Waals surface area (Å²) in [4.78, 5) is 2.93. The molecule has 0 atom stereocenters. The normalized spacial score (nSPS) is 17.7. The Morgan fingerprint density at radius 2 is 1.71 bits per heavy atom. The Kier molecular flexibility index (Phi) is 5.67. The van der Waals surface area contributed by atoms with Crippen LogP contribution >= 0.6 is 0 Å². The van der Waals surface area contributed by atoms with Gasteiger partial charge in [-0.3, -0.25) is 0 Å². The first-order valence-electron chi connectivity index (χ1n) is 9.66. The van der Waals surface area contributed by atoms with E-state index in [9.17, 15) is 21.6 Å². The molecule has 0 aliphatic carbocycles. The van der Waals surface area contributed by atoms with Crippen molar-refractivity contribution in [1.82, 2.24) is 5.32 Å². The molecule has 1 saturated heterocycles. The predicted molar refractivity (Wildman–Crippen MR) is 109 cm³/mol. The van der Waals surface area contributed by atoms with E-state index in [1.807, 2.05) is 12.1 Å². The Hall–Kier alpha value is -2.63. The summed E-state index contributed by atoms with van der Waals surface area (Å²) in [7, 11) is -4.75. The van der Waals surface area contributed by atoms with Crippen LogP contribution in [-0.2, 0) is 16.2 Å². The van der Waals surface area contributed by atoms with Crippen LogP contribution in [0.4, 0.5) is 13.2 Å². The third kappa shape index (κ3) is 4.39. The molecule has 2 aromatic rings. The van der Waals surface area contributed by atoms with Crippen LogP contribution in [-0.4, -0.2) is 34.0 Å². The van der Waals surface area contributed by atoms with Crippen molar-refractivity contribution in [3.63, 3.8) is 0 Å². The maximum absolute atomic E-state index is 13.6. The maximum atomic E-state index is 13.6. The summed E-state index contributed by atoms with van der Waals surface area (Å²) < 4.78 is 65.4. The first-order chi connectivity index (χ1) is 14.7. The van der Waals surface area contributed by atoms with E-state index in [1.54, 1.807) is 12.1 Å². The summed E-state index contributed by atoms with van der Waals surface area (Å²) >= 11 is 0. The van der Waals surface area contributed by atoms with Crippen LogP contribution in [0.25, 0.3) is 11.1 Å². The van der Waals surface area contributed by atoms with Crippen LogP contribution in [0.15, 0.2) is 56.5 Å². The molecule has 31 heavy (non-hydrogen) atoms. The van der Waals surface area contributed by atoms with Gasteiger partial charge in [0.2, 0.25) is 10.0 Å². The molecule has 164 valence electrons. The molecule has 2 aromatic carbocycles. The van der Waals surface area contributed by atoms with E-state index in [1.165, 1.54) is 6.07 Å². The SMILES string of the molecule is NS(=O)(=O)c1c(C(F)(F)F)ccc(-c2ccc(C3CCNCC3)cc2)c1C1=NCN=N1. The lowest BCUT2D eigenvalue weighted by Crippen LogP contribution is -2.26. The van der Waals surface area contributed by atoms with Crippen molar-refractivity contribution in [2.45, 2.75) is 29.8 Å². The Bertz CT molecular complexity index is 1150. The van der Waals surface area contributed by atoms with Crippen molar-refractivity contribution in [1.29, 1.82) is 0 Å². The van der Waals surface area contributed by atoms with Gasteiger partial charge in [0.15, 0.2) is 12.5 Å². The number of nitrogens with two attached hydrogens (primary N) is 1. The predicted octanol–water partition coefficient (Wildman–Crippen LogP) is 3.66. The minimum atomic E-state index is -4.93. The van der Waals surface area contributed by atoms with Gasteiger partial charge < -0.3 is 5.32 Å². The van der Waals surface area contributed by atoms with Gasteiger partial charge in [-0.15, -0.1) is 5.11 Å². The summed E-state index contributed by atoms with van der Waals surface area (Å²) in [6, 6.07) is 9.32. The lowest BCUT2D eigenvalue weighted by atomic mass is 9.88. The number of amidine groups is 1. The topological polar surface area (TPSA) is 109 Å². The van der Waals surface area contributed by atoms with Gasteiger partial charge in [0.05, 0.1) is 5.56 Å². The molecule has 0 unspecified atom stereocenters. The highest BCUT2D eigenvalue weighted by Crippen LogP contribution is 2.40. The number of rotatable bonds is 4. The van der Waals surface area contributed by atoms with Crippen LogP contribution in [0.2, 0.25) is 0 Å². The fourth-order valence-corrected chi connectivity index (χ4v) is 4.99. The second kappa shape index (κ2) is 8.13. The second-order valence-electron chi connectivity index (χ2n) is 7.42. The zero-order valence-electron chi connectivity index (χ0n) is 16.4. The molecule has 0 spiro atoms. The van der Waals surface area contributed by atoms with E-state index in [4.69, 9.17) is 5.14 Å². The maximum Gasteiger partial charge on any atom is 0.417 e. The third-order valence-electron chi connectivity index (χ3n) is 5.45. The minimum absolute atomic E-state index is 0.0935. The Labute approximate surface area is 177 Å². The van der Waals surface area contributed by atoms with E-state index in [0.29, 0.717) is 11.5 Å². The number of nitrogens with zero attached hydrogens (tertiary/aromatic N) is 3. The van der Waals surface area contributed by atoms with Gasteiger partial charge in [-0.25, -0.2) is 18.5 Å². The minimum Gasteiger partial charge on any atom is -0.317 e. The number of benzene rings is 2. The van der Waals surface area contributed by atoms with E-state index in [-0.39, 0.29) is 23.6 Å². The first-order valence-corrected chi connectivity index (χ1v) is 11.2. The molecular formula is C20H20F3N5O2S. The first kappa shape index (κ1) is 21.6. The molecule has 1 fully saturated rings. The van der Waals surface area contributed by atoms with E-state index >= 15 is 0 Å². The molecule has 0 radical (unpaired) electrons. The quantitative estimate of drug-likeness (QED) is 0.740. The van der Waals surface area contributed by atoms with Gasteiger partial charge in [0, 0.05) is 5.56 Å². The molecule has 4 rings (SSSR count). The molecule has 0 bridgehead atoms. The highest BCUT2D eigenvalue weighted by atomic mass is 32.2. The van der Waals surface area contributed by atoms with Gasteiger partial charge in [0.1, 0.15) is 4.90 Å². The zero-order chi connectivity index (χ0) is 22.2. The highest BCUT2D eigenvalue weighted by Gasteiger charge is 2.40. The molecule has 0 aromatic heterocycles. The van der Waals surface area contributed by atoms with Crippen molar-refractivity contribution in [3.8, 4) is 11.1 Å². The third-order valence-corrected chi connectivity index (χ3v) is 6.45. The number of piperidine rings is 1. The number of sulfonamides is 1. The molecule has 2 heterocycles. The van der Waals surface area contributed by atoms with E-state index in [0.717, 1.165) is 37.6 Å². The average Bonchev–Trinajstić information content (AvgIpc) is 3.27.